The molecule has 2 N–H and O–H groups in total. The van der Waals surface area contributed by atoms with Crippen LogP contribution < -0.4 is 5.32 Å². The van der Waals surface area contributed by atoms with Crippen LogP contribution in [0.4, 0.5) is 0 Å². The highest BCUT2D eigenvalue weighted by atomic mass is 16.4. The maximum atomic E-state index is 11.6. The lowest BCUT2D eigenvalue weighted by atomic mass is 9.82. The zero-order valence-corrected chi connectivity index (χ0v) is 14.4. The summed E-state index contributed by atoms with van der Waals surface area (Å²) >= 11 is 0. The summed E-state index contributed by atoms with van der Waals surface area (Å²) in [6.45, 7) is 12.6. The average Bonchev–Trinajstić information content (AvgIpc) is 2.90. The molecule has 0 saturated carbocycles. The summed E-state index contributed by atoms with van der Waals surface area (Å²) in [6, 6.07) is 0. The second kappa shape index (κ2) is 8.14. The van der Waals surface area contributed by atoms with Gasteiger partial charge in [-0.15, -0.1) is 0 Å². The van der Waals surface area contributed by atoms with Crippen molar-refractivity contribution < 1.29 is 9.90 Å². The van der Waals surface area contributed by atoms with E-state index in [1.54, 1.807) is 0 Å². The van der Waals surface area contributed by atoms with Gasteiger partial charge in [0.05, 0.1) is 0 Å². The fraction of sp³-hybridized carbons (Fsp3) is 0.941. The van der Waals surface area contributed by atoms with Crippen molar-refractivity contribution in [1.29, 1.82) is 0 Å². The first-order valence-electron chi connectivity index (χ1n) is 8.68. The number of aliphatic carboxylic acids is 1. The Bertz CT molecular complexity index is 329. The Hall–Kier alpha value is -0.610. The summed E-state index contributed by atoms with van der Waals surface area (Å²) in [7, 11) is 0. The summed E-state index contributed by atoms with van der Waals surface area (Å²) < 4.78 is 0. The number of nitrogens with one attached hydrogen (secondary N) is 1. The molecule has 0 amide bonds. The van der Waals surface area contributed by atoms with Crippen LogP contribution in [-0.4, -0.2) is 47.7 Å². The molecule has 0 aromatic heterocycles. The summed E-state index contributed by atoms with van der Waals surface area (Å²) in [5, 5.41) is 12.7. The van der Waals surface area contributed by atoms with E-state index >= 15 is 0 Å². The Morgan fingerprint density at radius 1 is 1.29 bits per heavy atom. The second-order valence-electron chi connectivity index (χ2n) is 6.61. The lowest BCUT2D eigenvalue weighted by Gasteiger charge is -2.30. The van der Waals surface area contributed by atoms with Crippen LogP contribution in [0.1, 0.15) is 66.2 Å². The quantitative estimate of drug-likeness (QED) is 0.650. The highest BCUT2D eigenvalue weighted by Gasteiger charge is 2.37. The smallest absolute Gasteiger partial charge is 0.323 e. The van der Waals surface area contributed by atoms with Crippen LogP contribution in [0.5, 0.6) is 0 Å². The Morgan fingerprint density at radius 3 is 2.38 bits per heavy atom. The van der Waals surface area contributed by atoms with Crippen LogP contribution in [0.15, 0.2) is 0 Å². The van der Waals surface area contributed by atoms with Crippen LogP contribution in [0.3, 0.4) is 0 Å². The van der Waals surface area contributed by atoms with Gasteiger partial charge in [-0.1, -0.05) is 27.7 Å². The molecule has 0 aliphatic carbocycles. The third-order valence-corrected chi connectivity index (χ3v) is 5.62. The molecule has 4 nitrogen and oxygen atoms in total. The fourth-order valence-electron chi connectivity index (χ4n) is 3.71. The van der Waals surface area contributed by atoms with Gasteiger partial charge < -0.3 is 15.3 Å². The minimum absolute atomic E-state index is 0.510. The molecule has 0 aromatic carbocycles. The van der Waals surface area contributed by atoms with Gasteiger partial charge in [0.15, 0.2) is 0 Å². The van der Waals surface area contributed by atoms with Gasteiger partial charge in [0.1, 0.15) is 5.54 Å². The summed E-state index contributed by atoms with van der Waals surface area (Å²) in [4.78, 5) is 14.1. The second-order valence-corrected chi connectivity index (χ2v) is 6.61. The highest BCUT2D eigenvalue weighted by Crippen LogP contribution is 2.37. The monoisotopic (exact) mass is 298 g/mol. The normalized spacial score (nSPS) is 21.3. The molecule has 124 valence electrons. The fourth-order valence-corrected chi connectivity index (χ4v) is 3.71. The van der Waals surface area contributed by atoms with Gasteiger partial charge in [-0.3, -0.25) is 4.79 Å². The molecule has 1 atom stereocenters. The van der Waals surface area contributed by atoms with Crippen LogP contribution in [0, 0.1) is 5.41 Å². The zero-order chi connectivity index (χ0) is 15.9. The molecule has 1 fully saturated rings. The number of nitrogens with zero attached hydrogens (tertiary/aromatic N) is 1. The molecule has 1 rings (SSSR count). The average molecular weight is 298 g/mol. The number of carboxylic acid groups (broad SMARTS) is 1. The number of hydrogen-bond acceptors (Lipinski definition) is 3. The number of carbonyl (C=O) groups is 1. The van der Waals surface area contributed by atoms with Crippen LogP contribution in [0.25, 0.3) is 0 Å². The van der Waals surface area contributed by atoms with Gasteiger partial charge in [-0.2, -0.15) is 0 Å². The molecule has 1 unspecified atom stereocenters. The summed E-state index contributed by atoms with van der Waals surface area (Å²) in [5.74, 6) is -0.704. The van der Waals surface area contributed by atoms with Crippen molar-refractivity contribution in [2.24, 2.45) is 5.41 Å². The first-order valence-corrected chi connectivity index (χ1v) is 8.68. The molecule has 0 bridgehead atoms. The maximum Gasteiger partial charge on any atom is 0.323 e. The SMILES string of the molecule is CCNC(CC)(CCCN1CCC(CC)(CC)C1)C(=O)O. The predicted molar refractivity (Wildman–Crippen MR) is 87.6 cm³/mol. The van der Waals surface area contributed by atoms with E-state index < -0.39 is 11.5 Å². The number of hydrogen-bond donors (Lipinski definition) is 2. The Balaban J connectivity index is 2.47. The van der Waals surface area contributed by atoms with E-state index in [0.717, 1.165) is 13.0 Å². The van der Waals surface area contributed by atoms with E-state index in [1.807, 2.05) is 13.8 Å². The molecular weight excluding hydrogens is 264 g/mol. The summed E-state index contributed by atoms with van der Waals surface area (Å²) in [5.41, 5.74) is -0.225. The standard InChI is InChI=1S/C17H34N2O2/c1-5-16(6-2)11-13-19(14-16)12-9-10-17(7-3,15(20)21)18-8-4/h18H,5-14H2,1-4H3,(H,20,21). The molecule has 21 heavy (non-hydrogen) atoms. The first-order chi connectivity index (χ1) is 9.97. The molecule has 4 heteroatoms. The Kier molecular flexibility index (Phi) is 7.14. The van der Waals surface area contributed by atoms with Crippen molar-refractivity contribution in [3.05, 3.63) is 0 Å². The lowest BCUT2D eigenvalue weighted by molar-refractivity contribution is -0.145. The van der Waals surface area contributed by atoms with E-state index in [1.165, 1.54) is 32.4 Å². The molecule has 0 radical (unpaired) electrons. The molecule has 0 aromatic rings. The van der Waals surface area contributed by atoms with Gasteiger partial charge in [0.25, 0.3) is 0 Å². The third-order valence-electron chi connectivity index (χ3n) is 5.62. The number of carboxylic acids is 1. The number of likely N-dealkylation sites (tertiary alicyclic amines) is 1. The van der Waals surface area contributed by atoms with Crippen molar-refractivity contribution >= 4 is 5.97 Å². The van der Waals surface area contributed by atoms with Crippen molar-refractivity contribution in [3.63, 3.8) is 0 Å². The number of rotatable bonds is 10. The van der Waals surface area contributed by atoms with Gasteiger partial charge in [0, 0.05) is 6.54 Å². The van der Waals surface area contributed by atoms with Crippen molar-refractivity contribution in [2.75, 3.05) is 26.2 Å². The van der Waals surface area contributed by atoms with Gasteiger partial charge in [0.2, 0.25) is 0 Å². The molecule has 1 aliphatic heterocycles. The van der Waals surface area contributed by atoms with Crippen molar-refractivity contribution in [3.8, 4) is 0 Å². The van der Waals surface area contributed by atoms with E-state index in [-0.39, 0.29) is 0 Å². The lowest BCUT2D eigenvalue weighted by Crippen LogP contribution is -2.51. The minimum Gasteiger partial charge on any atom is -0.480 e. The number of likely N-dealkylation sites (N-methyl/N-ethyl adjacent to an activating group) is 1. The van der Waals surface area contributed by atoms with E-state index in [0.29, 0.717) is 24.8 Å². The molecule has 1 saturated heterocycles. The molecule has 0 spiro atoms. The van der Waals surface area contributed by atoms with Crippen LogP contribution in [0.2, 0.25) is 0 Å². The predicted octanol–water partition coefficient (Wildman–Crippen LogP) is 3.12. The largest absolute Gasteiger partial charge is 0.480 e. The van der Waals surface area contributed by atoms with E-state index in [2.05, 4.69) is 24.1 Å². The van der Waals surface area contributed by atoms with Crippen molar-refractivity contribution in [2.45, 2.75) is 71.8 Å². The maximum absolute atomic E-state index is 11.6. The minimum atomic E-state index is -0.735. The van der Waals surface area contributed by atoms with Gasteiger partial charge in [-0.05, 0) is 63.6 Å². The van der Waals surface area contributed by atoms with E-state index in [4.69, 9.17) is 0 Å². The topological polar surface area (TPSA) is 52.6 Å². The van der Waals surface area contributed by atoms with Gasteiger partial charge in [-0.25, -0.2) is 0 Å². The van der Waals surface area contributed by atoms with E-state index in [9.17, 15) is 9.90 Å². The van der Waals surface area contributed by atoms with Crippen LogP contribution >= 0.6 is 0 Å². The molecular formula is C17H34N2O2. The van der Waals surface area contributed by atoms with Crippen LogP contribution in [-0.2, 0) is 4.79 Å². The summed E-state index contributed by atoms with van der Waals surface area (Å²) in [6.07, 6.45) is 6.12. The van der Waals surface area contributed by atoms with Crippen molar-refractivity contribution in [1.82, 2.24) is 10.2 Å². The Morgan fingerprint density at radius 2 is 1.95 bits per heavy atom. The first kappa shape index (κ1) is 18.4. The molecule has 1 aliphatic rings. The highest BCUT2D eigenvalue weighted by molar-refractivity contribution is 5.78. The zero-order valence-electron chi connectivity index (χ0n) is 14.4. The van der Waals surface area contributed by atoms with Gasteiger partial charge >= 0.3 is 5.97 Å². The third kappa shape index (κ3) is 4.43. The molecule has 1 heterocycles. The Labute approximate surface area is 130 Å².